The number of aliphatic imine (C=N–C) groups is 1. The second-order valence-corrected chi connectivity index (χ2v) is 7.73. The molecule has 0 saturated carbocycles. The van der Waals surface area contributed by atoms with E-state index in [1.165, 1.54) is 0 Å². The maximum absolute atomic E-state index is 6.35. The van der Waals surface area contributed by atoms with Gasteiger partial charge in [0.25, 0.3) is 0 Å². The van der Waals surface area contributed by atoms with Crippen LogP contribution in [-0.4, -0.2) is 40.3 Å². The van der Waals surface area contributed by atoms with Crippen LogP contribution >= 0.6 is 23.8 Å². The minimum Gasteiger partial charge on any atom is -0.376 e. The zero-order valence-electron chi connectivity index (χ0n) is 16.8. The Morgan fingerprint density at radius 2 is 2.00 bits per heavy atom. The lowest BCUT2D eigenvalue weighted by molar-refractivity contribution is 0.118. The summed E-state index contributed by atoms with van der Waals surface area (Å²) >= 11 is 11.8. The summed E-state index contributed by atoms with van der Waals surface area (Å²) in [5, 5.41) is 10.3. The SMILES string of the molecule is Cc1cc(C)nc(NC(=NCC2CCCO2)NC(=S)Nc2cccc(C)c2Cl)n1. The molecule has 1 saturated heterocycles. The van der Waals surface area contributed by atoms with E-state index in [-0.39, 0.29) is 6.10 Å². The van der Waals surface area contributed by atoms with E-state index in [0.29, 0.717) is 28.6 Å². The molecule has 1 fully saturated rings. The van der Waals surface area contributed by atoms with Crippen molar-refractivity contribution in [2.24, 2.45) is 4.99 Å². The number of guanidine groups is 1. The van der Waals surface area contributed by atoms with Gasteiger partial charge in [0.05, 0.1) is 23.4 Å². The number of aromatic nitrogens is 2. The van der Waals surface area contributed by atoms with E-state index in [4.69, 9.17) is 28.6 Å². The van der Waals surface area contributed by atoms with Crippen LogP contribution in [0.1, 0.15) is 29.8 Å². The number of rotatable bonds is 4. The molecular weight excluding hydrogens is 408 g/mol. The third kappa shape index (κ3) is 6.35. The van der Waals surface area contributed by atoms with Crippen molar-refractivity contribution in [3.63, 3.8) is 0 Å². The van der Waals surface area contributed by atoms with Crippen molar-refractivity contribution in [2.45, 2.75) is 39.7 Å². The predicted molar refractivity (Wildman–Crippen MR) is 122 cm³/mol. The number of anilines is 2. The standard InChI is InChI=1S/C20H25ClN6OS/c1-12-6-4-8-16(17(12)21)25-20(29)27-18(22-11-15-7-5-9-28-15)26-19-23-13(2)10-14(3)24-19/h4,6,8,10,15H,5,7,9,11H2,1-3H3,(H3,22,23,24,25,26,27,29). The molecule has 3 N–H and O–H groups in total. The van der Waals surface area contributed by atoms with Crippen LogP contribution in [0.4, 0.5) is 11.6 Å². The van der Waals surface area contributed by atoms with Crippen LogP contribution in [0.2, 0.25) is 5.02 Å². The quantitative estimate of drug-likeness (QED) is 0.382. The lowest BCUT2D eigenvalue weighted by Gasteiger charge is -2.16. The summed E-state index contributed by atoms with van der Waals surface area (Å²) in [5.74, 6) is 0.907. The Morgan fingerprint density at radius 1 is 1.24 bits per heavy atom. The van der Waals surface area contributed by atoms with Crippen molar-refractivity contribution in [2.75, 3.05) is 23.8 Å². The van der Waals surface area contributed by atoms with Crippen LogP contribution in [0.3, 0.4) is 0 Å². The van der Waals surface area contributed by atoms with Crippen LogP contribution < -0.4 is 16.0 Å². The fraction of sp³-hybridized carbons (Fsp3) is 0.400. The Labute approximate surface area is 181 Å². The predicted octanol–water partition coefficient (Wildman–Crippen LogP) is 3.99. The van der Waals surface area contributed by atoms with Gasteiger partial charge in [-0.25, -0.2) is 15.0 Å². The zero-order valence-corrected chi connectivity index (χ0v) is 18.3. The highest BCUT2D eigenvalue weighted by atomic mass is 35.5. The number of ether oxygens (including phenoxy) is 1. The number of nitrogens with zero attached hydrogens (tertiary/aromatic N) is 3. The number of hydrogen-bond donors (Lipinski definition) is 3. The molecule has 1 aliphatic rings. The number of halogens is 1. The number of aryl methyl sites for hydroxylation is 3. The minimum atomic E-state index is 0.113. The molecule has 2 heterocycles. The number of hydrogen-bond acceptors (Lipinski definition) is 5. The molecule has 0 amide bonds. The Balaban J connectivity index is 1.73. The minimum absolute atomic E-state index is 0.113. The molecule has 154 valence electrons. The van der Waals surface area contributed by atoms with E-state index in [1.807, 2.05) is 45.0 Å². The second-order valence-electron chi connectivity index (χ2n) is 6.94. The molecule has 1 aliphatic heterocycles. The summed E-state index contributed by atoms with van der Waals surface area (Å²) in [4.78, 5) is 13.4. The first-order valence-electron chi connectivity index (χ1n) is 9.49. The molecular formula is C20H25ClN6OS. The normalized spacial score (nSPS) is 16.6. The Hall–Kier alpha value is -2.29. The van der Waals surface area contributed by atoms with E-state index in [2.05, 4.69) is 30.9 Å². The summed E-state index contributed by atoms with van der Waals surface area (Å²) in [6.45, 7) is 7.08. The number of benzene rings is 1. The van der Waals surface area contributed by atoms with Gasteiger partial charge >= 0.3 is 0 Å². The smallest absolute Gasteiger partial charge is 0.229 e. The number of thiocarbonyl (C=S) groups is 1. The van der Waals surface area contributed by atoms with E-state index < -0.39 is 0 Å². The van der Waals surface area contributed by atoms with Gasteiger partial charge in [-0.15, -0.1) is 0 Å². The fourth-order valence-electron chi connectivity index (χ4n) is 2.98. The largest absolute Gasteiger partial charge is 0.376 e. The number of nitrogens with one attached hydrogen (secondary N) is 3. The molecule has 0 bridgehead atoms. The highest BCUT2D eigenvalue weighted by Gasteiger charge is 2.16. The molecule has 0 radical (unpaired) electrons. The van der Waals surface area contributed by atoms with Crippen molar-refractivity contribution < 1.29 is 4.74 Å². The van der Waals surface area contributed by atoms with Gasteiger partial charge in [0, 0.05) is 18.0 Å². The fourth-order valence-corrected chi connectivity index (χ4v) is 3.36. The van der Waals surface area contributed by atoms with Gasteiger partial charge in [0.1, 0.15) is 0 Å². The summed E-state index contributed by atoms with van der Waals surface area (Å²) in [5.41, 5.74) is 3.43. The van der Waals surface area contributed by atoms with Gasteiger partial charge < -0.3 is 15.4 Å². The molecule has 0 aliphatic carbocycles. The highest BCUT2D eigenvalue weighted by Crippen LogP contribution is 2.24. The van der Waals surface area contributed by atoms with E-state index in [1.54, 1.807) is 0 Å². The van der Waals surface area contributed by atoms with Gasteiger partial charge in [-0.05, 0) is 63.5 Å². The summed E-state index contributed by atoms with van der Waals surface area (Å²) in [7, 11) is 0. The lowest BCUT2D eigenvalue weighted by Crippen LogP contribution is -2.39. The van der Waals surface area contributed by atoms with E-state index in [9.17, 15) is 0 Å². The van der Waals surface area contributed by atoms with Crippen LogP contribution in [0.25, 0.3) is 0 Å². The summed E-state index contributed by atoms with van der Waals surface area (Å²) in [6.07, 6.45) is 2.17. The Kier molecular flexibility index (Phi) is 7.35. The zero-order chi connectivity index (χ0) is 20.8. The van der Waals surface area contributed by atoms with Gasteiger partial charge in [-0.1, -0.05) is 23.7 Å². The first-order valence-corrected chi connectivity index (χ1v) is 10.3. The van der Waals surface area contributed by atoms with Gasteiger partial charge in [-0.2, -0.15) is 0 Å². The van der Waals surface area contributed by atoms with Gasteiger partial charge in [0.15, 0.2) is 5.11 Å². The monoisotopic (exact) mass is 432 g/mol. The first kappa shape index (κ1) is 21.4. The molecule has 1 atom stereocenters. The van der Waals surface area contributed by atoms with E-state index >= 15 is 0 Å². The third-order valence-electron chi connectivity index (χ3n) is 4.36. The first-order chi connectivity index (χ1) is 13.9. The van der Waals surface area contributed by atoms with Crippen molar-refractivity contribution in [1.82, 2.24) is 15.3 Å². The highest BCUT2D eigenvalue weighted by molar-refractivity contribution is 7.80. The van der Waals surface area contributed by atoms with Crippen LogP contribution in [0.15, 0.2) is 29.3 Å². The molecule has 7 nitrogen and oxygen atoms in total. The summed E-state index contributed by atoms with van der Waals surface area (Å²) in [6, 6.07) is 7.64. The average Bonchev–Trinajstić information content (AvgIpc) is 3.16. The topological polar surface area (TPSA) is 83.5 Å². The van der Waals surface area contributed by atoms with Crippen molar-refractivity contribution in [3.05, 3.63) is 46.2 Å². The second kappa shape index (κ2) is 9.96. The van der Waals surface area contributed by atoms with Crippen molar-refractivity contribution >= 4 is 46.5 Å². The Morgan fingerprint density at radius 3 is 2.69 bits per heavy atom. The lowest BCUT2D eigenvalue weighted by atomic mass is 10.2. The maximum Gasteiger partial charge on any atom is 0.229 e. The van der Waals surface area contributed by atoms with Crippen molar-refractivity contribution in [1.29, 1.82) is 0 Å². The Bertz CT molecular complexity index is 894. The molecule has 3 rings (SSSR count). The molecule has 0 spiro atoms. The molecule has 29 heavy (non-hydrogen) atoms. The van der Waals surface area contributed by atoms with Crippen LogP contribution in [0, 0.1) is 20.8 Å². The van der Waals surface area contributed by atoms with Crippen LogP contribution in [0.5, 0.6) is 0 Å². The summed E-state index contributed by atoms with van der Waals surface area (Å²) < 4.78 is 5.66. The average molecular weight is 433 g/mol. The van der Waals surface area contributed by atoms with Gasteiger partial charge in [-0.3, -0.25) is 5.32 Å². The molecule has 2 aromatic rings. The molecule has 1 aromatic carbocycles. The van der Waals surface area contributed by atoms with E-state index in [0.717, 1.165) is 42.1 Å². The van der Waals surface area contributed by atoms with Crippen LogP contribution in [-0.2, 0) is 4.74 Å². The molecule has 1 aromatic heterocycles. The molecule has 9 heteroatoms. The molecule has 1 unspecified atom stereocenters. The van der Waals surface area contributed by atoms with Gasteiger partial charge in [0.2, 0.25) is 11.9 Å². The van der Waals surface area contributed by atoms with Crippen molar-refractivity contribution in [3.8, 4) is 0 Å². The maximum atomic E-state index is 6.35. The third-order valence-corrected chi connectivity index (χ3v) is 5.07.